The summed E-state index contributed by atoms with van der Waals surface area (Å²) in [6.45, 7) is 0. The van der Waals surface area contributed by atoms with Crippen LogP contribution < -0.4 is 0 Å². The number of rotatable bonds is 2. The summed E-state index contributed by atoms with van der Waals surface area (Å²) in [5.74, 6) is 0. The summed E-state index contributed by atoms with van der Waals surface area (Å²) in [7, 11) is 0. The third-order valence-electron chi connectivity index (χ3n) is 4.10. The number of hydrogen-bond acceptors (Lipinski definition) is 4. The van der Waals surface area contributed by atoms with E-state index in [9.17, 15) is 5.11 Å². The lowest BCUT2D eigenvalue weighted by Crippen LogP contribution is -2.25. The molecular weight excluding hydrogens is 360 g/mol. The molecule has 1 aliphatic rings. The van der Waals surface area contributed by atoms with Crippen LogP contribution in [0.5, 0.6) is 0 Å². The molecule has 1 atom stereocenters. The molecule has 0 saturated heterocycles. The van der Waals surface area contributed by atoms with Crippen molar-refractivity contribution in [3.63, 3.8) is 0 Å². The van der Waals surface area contributed by atoms with Crippen LogP contribution in [-0.4, -0.2) is 15.1 Å². The second kappa shape index (κ2) is 5.26. The maximum Gasteiger partial charge on any atom is 0.132 e. The predicted molar refractivity (Wildman–Crippen MR) is 90.8 cm³/mol. The van der Waals surface area contributed by atoms with Gasteiger partial charge < -0.3 is 5.11 Å². The highest BCUT2D eigenvalue weighted by Crippen LogP contribution is 2.41. The Morgan fingerprint density at radius 3 is 2.95 bits per heavy atom. The van der Waals surface area contributed by atoms with Gasteiger partial charge in [-0.2, -0.15) is 0 Å². The zero-order valence-electron chi connectivity index (χ0n) is 11.7. The summed E-state index contributed by atoms with van der Waals surface area (Å²) in [6, 6.07) is 12.0. The van der Waals surface area contributed by atoms with Gasteiger partial charge in [-0.15, -0.1) is 11.3 Å². The molecule has 4 rings (SSSR count). The molecule has 0 spiro atoms. The second-order valence-electron chi connectivity index (χ2n) is 5.43. The van der Waals surface area contributed by atoms with Crippen LogP contribution >= 0.6 is 27.3 Å². The summed E-state index contributed by atoms with van der Waals surface area (Å²) in [6.07, 6.45) is 3.27. The van der Waals surface area contributed by atoms with Crippen LogP contribution in [0.25, 0.3) is 10.6 Å². The first-order valence-electron chi connectivity index (χ1n) is 7.05. The van der Waals surface area contributed by atoms with E-state index < -0.39 is 5.60 Å². The standard InChI is InChI=1S/C17H13BrN2OS/c18-14-10-22-16(20-14)12-3-1-5-13(9-12)17(21)7-6-11-4-2-8-19-15(11)17/h1-5,8-10,21H,6-7H2/t17-/m1/s1. The summed E-state index contributed by atoms with van der Waals surface area (Å²) >= 11 is 4.97. The van der Waals surface area contributed by atoms with Crippen molar-refractivity contribution < 1.29 is 5.11 Å². The van der Waals surface area contributed by atoms with Gasteiger partial charge in [0.05, 0.1) is 5.69 Å². The molecule has 110 valence electrons. The molecule has 0 fully saturated rings. The van der Waals surface area contributed by atoms with Crippen LogP contribution in [0.1, 0.15) is 23.2 Å². The van der Waals surface area contributed by atoms with E-state index in [1.54, 1.807) is 17.5 Å². The van der Waals surface area contributed by atoms with Crippen molar-refractivity contribution in [2.75, 3.05) is 0 Å². The first-order chi connectivity index (χ1) is 10.7. The maximum atomic E-state index is 11.2. The Morgan fingerprint density at radius 1 is 1.23 bits per heavy atom. The highest BCUT2D eigenvalue weighted by atomic mass is 79.9. The van der Waals surface area contributed by atoms with Crippen molar-refractivity contribution in [2.45, 2.75) is 18.4 Å². The van der Waals surface area contributed by atoms with Crippen LogP contribution in [0.2, 0.25) is 0 Å². The summed E-state index contributed by atoms with van der Waals surface area (Å²) in [5, 5.41) is 14.1. The van der Waals surface area contributed by atoms with Gasteiger partial charge in [-0.05, 0) is 52.0 Å². The van der Waals surface area contributed by atoms with Crippen LogP contribution in [0.4, 0.5) is 0 Å². The number of aryl methyl sites for hydroxylation is 1. The number of aromatic nitrogens is 2. The fourth-order valence-electron chi connectivity index (χ4n) is 3.02. The molecule has 0 bridgehead atoms. The van der Waals surface area contributed by atoms with E-state index >= 15 is 0 Å². The Hall–Kier alpha value is -1.56. The first-order valence-corrected chi connectivity index (χ1v) is 8.73. The number of hydrogen-bond donors (Lipinski definition) is 1. The fraction of sp³-hybridized carbons (Fsp3) is 0.176. The normalized spacial score (nSPS) is 20.1. The molecule has 3 aromatic rings. The van der Waals surface area contributed by atoms with Crippen molar-refractivity contribution in [2.24, 2.45) is 0 Å². The highest BCUT2D eigenvalue weighted by Gasteiger charge is 2.39. The van der Waals surface area contributed by atoms with Crippen molar-refractivity contribution in [3.05, 3.63) is 69.4 Å². The lowest BCUT2D eigenvalue weighted by Gasteiger charge is -2.24. The minimum atomic E-state index is -0.999. The molecule has 5 heteroatoms. The SMILES string of the molecule is O[C@@]1(c2cccc(-c3nc(Br)cs3)c2)CCc2cccnc21. The molecule has 0 aliphatic heterocycles. The highest BCUT2D eigenvalue weighted by molar-refractivity contribution is 9.10. The average Bonchev–Trinajstić information content (AvgIpc) is 3.13. The quantitative estimate of drug-likeness (QED) is 0.734. The lowest BCUT2D eigenvalue weighted by molar-refractivity contribution is 0.0788. The molecule has 1 aromatic carbocycles. The van der Waals surface area contributed by atoms with Gasteiger partial charge in [0.2, 0.25) is 0 Å². The van der Waals surface area contributed by atoms with Crippen molar-refractivity contribution in [1.29, 1.82) is 0 Å². The minimum Gasteiger partial charge on any atom is -0.379 e. The Balaban J connectivity index is 1.81. The molecule has 0 unspecified atom stereocenters. The molecule has 3 nitrogen and oxygen atoms in total. The zero-order chi connectivity index (χ0) is 15.2. The number of pyridine rings is 1. The average molecular weight is 373 g/mol. The van der Waals surface area contributed by atoms with Gasteiger partial charge in [0, 0.05) is 17.1 Å². The number of fused-ring (bicyclic) bond motifs is 1. The van der Waals surface area contributed by atoms with Crippen molar-refractivity contribution in [3.8, 4) is 10.6 Å². The zero-order valence-corrected chi connectivity index (χ0v) is 14.1. The van der Waals surface area contributed by atoms with E-state index in [-0.39, 0.29) is 0 Å². The number of aliphatic hydroxyl groups is 1. The number of halogens is 1. The molecule has 0 radical (unpaired) electrons. The van der Waals surface area contributed by atoms with E-state index in [0.717, 1.165) is 38.4 Å². The van der Waals surface area contributed by atoms with Crippen molar-refractivity contribution >= 4 is 27.3 Å². The molecule has 1 aliphatic carbocycles. The van der Waals surface area contributed by atoms with E-state index in [4.69, 9.17) is 0 Å². The number of thiazole rings is 1. The van der Waals surface area contributed by atoms with Gasteiger partial charge in [0.15, 0.2) is 0 Å². The molecule has 22 heavy (non-hydrogen) atoms. The Morgan fingerprint density at radius 2 is 2.14 bits per heavy atom. The summed E-state index contributed by atoms with van der Waals surface area (Å²) in [5.41, 5.74) is 2.82. The Bertz CT molecular complexity index is 848. The third kappa shape index (κ3) is 2.20. The molecule has 2 aromatic heterocycles. The van der Waals surface area contributed by atoms with Crippen LogP contribution in [0.3, 0.4) is 0 Å². The summed E-state index contributed by atoms with van der Waals surface area (Å²) in [4.78, 5) is 8.88. The van der Waals surface area contributed by atoms with E-state index in [1.807, 2.05) is 41.8 Å². The Labute approximate surface area is 140 Å². The minimum absolute atomic E-state index is 0.671. The van der Waals surface area contributed by atoms with E-state index in [1.165, 1.54) is 0 Å². The predicted octanol–water partition coefficient (Wildman–Crippen LogP) is 4.15. The van der Waals surface area contributed by atoms with Gasteiger partial charge in [0.25, 0.3) is 0 Å². The summed E-state index contributed by atoms with van der Waals surface area (Å²) < 4.78 is 0.837. The third-order valence-corrected chi connectivity index (χ3v) is 5.70. The first kappa shape index (κ1) is 14.1. The maximum absolute atomic E-state index is 11.2. The molecule has 0 saturated carbocycles. The molecule has 1 N–H and O–H groups in total. The lowest BCUT2D eigenvalue weighted by atomic mass is 9.90. The fourth-order valence-corrected chi connectivity index (χ4v) is 4.27. The molecular formula is C17H13BrN2OS. The van der Waals surface area contributed by atoms with Crippen LogP contribution in [-0.2, 0) is 12.0 Å². The Kier molecular flexibility index (Phi) is 3.36. The molecule has 0 amide bonds. The van der Waals surface area contributed by atoms with Crippen LogP contribution in [0, 0.1) is 0 Å². The van der Waals surface area contributed by atoms with Gasteiger partial charge >= 0.3 is 0 Å². The van der Waals surface area contributed by atoms with E-state index in [0.29, 0.717) is 6.42 Å². The monoisotopic (exact) mass is 372 g/mol. The topological polar surface area (TPSA) is 46.0 Å². The molecule has 2 heterocycles. The van der Waals surface area contributed by atoms with Gasteiger partial charge in [0.1, 0.15) is 15.2 Å². The van der Waals surface area contributed by atoms with Crippen LogP contribution in [0.15, 0.2) is 52.6 Å². The van der Waals surface area contributed by atoms with Gasteiger partial charge in [-0.1, -0.05) is 24.3 Å². The number of benzene rings is 1. The smallest absolute Gasteiger partial charge is 0.132 e. The number of nitrogens with zero attached hydrogens (tertiary/aromatic N) is 2. The largest absolute Gasteiger partial charge is 0.379 e. The van der Waals surface area contributed by atoms with Gasteiger partial charge in [-0.25, -0.2) is 4.98 Å². The van der Waals surface area contributed by atoms with Gasteiger partial charge in [-0.3, -0.25) is 4.98 Å². The van der Waals surface area contributed by atoms with Crippen molar-refractivity contribution in [1.82, 2.24) is 9.97 Å². The van der Waals surface area contributed by atoms with E-state index in [2.05, 4.69) is 25.9 Å². The second-order valence-corrected chi connectivity index (χ2v) is 7.10.